The number of hydrogen-bond donors (Lipinski definition) is 1. The van der Waals surface area contributed by atoms with Crippen molar-refractivity contribution < 1.29 is 9.53 Å². The Kier molecular flexibility index (Phi) is 3.84. The topological polar surface area (TPSA) is 81.9 Å². The highest BCUT2D eigenvalue weighted by Crippen LogP contribution is 2.34. The van der Waals surface area contributed by atoms with E-state index in [4.69, 9.17) is 24.2 Å². The zero-order valence-electron chi connectivity index (χ0n) is 13.4. The van der Waals surface area contributed by atoms with Crippen LogP contribution >= 0.6 is 11.6 Å². The number of hydrogen-bond acceptors (Lipinski definition) is 5. The molecule has 1 amide bonds. The lowest BCUT2D eigenvalue weighted by Gasteiger charge is -2.10. The molecule has 25 heavy (non-hydrogen) atoms. The van der Waals surface area contributed by atoms with Crippen molar-refractivity contribution in [3.63, 3.8) is 0 Å². The number of imidazole rings is 1. The second-order valence-corrected chi connectivity index (χ2v) is 6.26. The van der Waals surface area contributed by atoms with E-state index in [0.717, 1.165) is 12.8 Å². The third-order valence-electron chi connectivity index (χ3n) is 4.00. The molecule has 0 bridgehead atoms. The molecule has 0 atom stereocenters. The molecule has 7 nitrogen and oxygen atoms in total. The molecule has 0 aliphatic heterocycles. The van der Waals surface area contributed by atoms with Crippen molar-refractivity contribution in [2.75, 3.05) is 5.32 Å². The summed E-state index contributed by atoms with van der Waals surface area (Å²) in [7, 11) is 7.53. The SMILES string of the molecule is [B]c1nc2ncc(Oc3ccnc(NC(=O)C4CC4)c3)c(Cl)c2n1C. The number of halogens is 1. The molecule has 4 rings (SSSR count). The molecule has 0 aromatic carbocycles. The maximum atomic E-state index is 11.8. The fraction of sp³-hybridized carbons (Fsp3) is 0.250. The van der Waals surface area contributed by atoms with Crippen molar-refractivity contribution in [3.05, 3.63) is 29.5 Å². The van der Waals surface area contributed by atoms with Crippen LogP contribution in [-0.4, -0.2) is 33.3 Å². The van der Waals surface area contributed by atoms with E-state index in [2.05, 4.69) is 20.3 Å². The number of nitrogens with zero attached hydrogens (tertiary/aromatic N) is 4. The highest BCUT2D eigenvalue weighted by molar-refractivity contribution is 6.37. The maximum Gasteiger partial charge on any atom is 0.228 e. The molecule has 3 aromatic rings. The first-order valence-electron chi connectivity index (χ1n) is 7.74. The molecule has 3 heterocycles. The number of anilines is 1. The van der Waals surface area contributed by atoms with E-state index in [9.17, 15) is 4.79 Å². The molecular weight excluding hydrogens is 340 g/mol. The number of ether oxygens (including phenoxy) is 1. The van der Waals surface area contributed by atoms with E-state index < -0.39 is 0 Å². The summed E-state index contributed by atoms with van der Waals surface area (Å²) in [5.74, 6) is 1.37. The quantitative estimate of drug-likeness (QED) is 0.725. The van der Waals surface area contributed by atoms with Crippen LogP contribution in [-0.2, 0) is 11.8 Å². The number of amides is 1. The van der Waals surface area contributed by atoms with Gasteiger partial charge in [-0.3, -0.25) is 4.79 Å². The van der Waals surface area contributed by atoms with E-state index in [0.29, 0.717) is 39.2 Å². The van der Waals surface area contributed by atoms with Gasteiger partial charge in [-0.05, 0) is 18.9 Å². The van der Waals surface area contributed by atoms with Gasteiger partial charge < -0.3 is 14.6 Å². The van der Waals surface area contributed by atoms with Gasteiger partial charge in [0.1, 0.15) is 22.1 Å². The van der Waals surface area contributed by atoms with Crippen LogP contribution in [0.1, 0.15) is 12.8 Å². The third-order valence-corrected chi connectivity index (χ3v) is 4.36. The first-order chi connectivity index (χ1) is 12.0. The largest absolute Gasteiger partial charge is 0.454 e. The molecule has 1 N–H and O–H groups in total. The average Bonchev–Trinajstić information content (AvgIpc) is 3.38. The van der Waals surface area contributed by atoms with Gasteiger partial charge in [0.15, 0.2) is 19.2 Å². The lowest BCUT2D eigenvalue weighted by molar-refractivity contribution is -0.117. The van der Waals surface area contributed by atoms with Gasteiger partial charge in [0.2, 0.25) is 5.91 Å². The van der Waals surface area contributed by atoms with Crippen molar-refractivity contribution in [1.29, 1.82) is 0 Å². The van der Waals surface area contributed by atoms with Gasteiger partial charge in [0.25, 0.3) is 0 Å². The first kappa shape index (κ1) is 15.9. The molecule has 9 heteroatoms. The second-order valence-electron chi connectivity index (χ2n) is 5.88. The summed E-state index contributed by atoms with van der Waals surface area (Å²) < 4.78 is 7.46. The van der Waals surface area contributed by atoms with Crippen LogP contribution in [0.3, 0.4) is 0 Å². The Balaban J connectivity index is 1.61. The zero-order chi connectivity index (χ0) is 17.6. The molecule has 0 saturated heterocycles. The van der Waals surface area contributed by atoms with Crippen molar-refractivity contribution >= 4 is 48.1 Å². The van der Waals surface area contributed by atoms with Gasteiger partial charge in [0.05, 0.1) is 11.9 Å². The molecule has 0 spiro atoms. The second kappa shape index (κ2) is 6.04. The Labute approximate surface area is 149 Å². The first-order valence-corrected chi connectivity index (χ1v) is 8.12. The fourth-order valence-electron chi connectivity index (χ4n) is 2.44. The standard InChI is InChI=1S/C16H13BClN5O2/c1-23-13-12(18)10(7-20-14(13)22-16(23)17)25-9-4-5-19-11(6-9)21-15(24)8-2-3-8/h4-8H,2-3H2,1H3,(H,19,21,24). The van der Waals surface area contributed by atoms with Crippen LogP contribution < -0.4 is 15.8 Å². The molecular formula is C16H13BClN5O2. The van der Waals surface area contributed by atoms with Crippen molar-refractivity contribution in [2.45, 2.75) is 12.8 Å². The minimum Gasteiger partial charge on any atom is -0.454 e. The molecule has 1 saturated carbocycles. The Hall–Kier alpha value is -2.61. The predicted octanol–water partition coefficient (Wildman–Crippen LogP) is 1.95. The number of pyridine rings is 2. The van der Waals surface area contributed by atoms with Crippen LogP contribution in [0.2, 0.25) is 5.02 Å². The van der Waals surface area contributed by atoms with Crippen LogP contribution in [0.4, 0.5) is 5.82 Å². The molecule has 0 unspecified atom stereocenters. The highest BCUT2D eigenvalue weighted by atomic mass is 35.5. The minimum absolute atomic E-state index is 0.0175. The average molecular weight is 354 g/mol. The van der Waals surface area contributed by atoms with E-state index in [-0.39, 0.29) is 11.8 Å². The van der Waals surface area contributed by atoms with Crippen molar-refractivity contribution in [2.24, 2.45) is 13.0 Å². The molecule has 1 aliphatic rings. The summed E-state index contributed by atoms with van der Waals surface area (Å²) in [6.45, 7) is 0. The van der Waals surface area contributed by atoms with Crippen molar-refractivity contribution in [1.82, 2.24) is 19.5 Å². The summed E-state index contributed by atoms with van der Waals surface area (Å²) in [5.41, 5.74) is 1.35. The third kappa shape index (κ3) is 3.05. The Morgan fingerprint density at radius 3 is 3.00 bits per heavy atom. The number of carbonyl (C=O) groups excluding carboxylic acids is 1. The lowest BCUT2D eigenvalue weighted by atomic mass is 10.1. The van der Waals surface area contributed by atoms with E-state index in [1.54, 1.807) is 29.9 Å². The number of carbonyl (C=O) groups is 1. The van der Waals surface area contributed by atoms with E-state index in [1.807, 2.05) is 0 Å². The van der Waals surface area contributed by atoms with Crippen LogP contribution in [0.15, 0.2) is 24.5 Å². The van der Waals surface area contributed by atoms with Gasteiger partial charge in [-0.25, -0.2) is 15.0 Å². The Morgan fingerprint density at radius 2 is 2.24 bits per heavy atom. The summed E-state index contributed by atoms with van der Waals surface area (Å²) in [5, 5.41) is 3.14. The molecule has 1 fully saturated rings. The Bertz CT molecular complexity index is 986. The summed E-state index contributed by atoms with van der Waals surface area (Å²) >= 11 is 6.42. The van der Waals surface area contributed by atoms with Crippen LogP contribution in [0.5, 0.6) is 11.5 Å². The van der Waals surface area contributed by atoms with Gasteiger partial charge in [-0.1, -0.05) is 11.6 Å². The number of rotatable bonds is 4. The van der Waals surface area contributed by atoms with Crippen LogP contribution in [0.25, 0.3) is 11.2 Å². The molecule has 124 valence electrons. The number of fused-ring (bicyclic) bond motifs is 1. The zero-order valence-corrected chi connectivity index (χ0v) is 14.1. The normalized spacial score (nSPS) is 13.8. The lowest BCUT2D eigenvalue weighted by Crippen LogP contribution is -2.15. The summed E-state index contributed by atoms with van der Waals surface area (Å²) in [6, 6.07) is 3.31. The summed E-state index contributed by atoms with van der Waals surface area (Å²) in [6.07, 6.45) is 4.90. The monoisotopic (exact) mass is 353 g/mol. The molecule has 2 radical (unpaired) electrons. The smallest absolute Gasteiger partial charge is 0.228 e. The fourth-order valence-corrected chi connectivity index (χ4v) is 2.74. The number of aromatic nitrogens is 4. The van der Waals surface area contributed by atoms with Crippen LogP contribution in [0, 0.1) is 5.92 Å². The van der Waals surface area contributed by atoms with E-state index in [1.165, 1.54) is 6.20 Å². The van der Waals surface area contributed by atoms with Crippen molar-refractivity contribution in [3.8, 4) is 11.5 Å². The molecule has 1 aliphatic carbocycles. The maximum absolute atomic E-state index is 11.8. The van der Waals surface area contributed by atoms with Gasteiger partial charge >= 0.3 is 0 Å². The predicted molar refractivity (Wildman–Crippen MR) is 94.6 cm³/mol. The minimum atomic E-state index is -0.0175. The Morgan fingerprint density at radius 1 is 1.44 bits per heavy atom. The highest BCUT2D eigenvalue weighted by Gasteiger charge is 2.29. The summed E-state index contributed by atoms with van der Waals surface area (Å²) in [4.78, 5) is 24.3. The van der Waals surface area contributed by atoms with Gasteiger partial charge in [-0.15, -0.1) is 0 Å². The number of aryl methyl sites for hydroxylation is 1. The van der Waals surface area contributed by atoms with E-state index >= 15 is 0 Å². The van der Waals surface area contributed by atoms with Gasteiger partial charge in [-0.2, -0.15) is 0 Å². The number of nitrogens with one attached hydrogen (secondary N) is 1. The molecule has 3 aromatic heterocycles. The van der Waals surface area contributed by atoms with Gasteiger partial charge in [0, 0.05) is 25.2 Å².